The summed E-state index contributed by atoms with van der Waals surface area (Å²) in [7, 11) is 0. The molecule has 3 nitrogen and oxygen atoms in total. The number of β-amino-alcohol motifs (C(OH)–C–C–N with tert-alkyl or cyclic N) is 1. The highest BCUT2D eigenvalue weighted by Crippen LogP contribution is 2.21. The van der Waals surface area contributed by atoms with E-state index < -0.39 is 0 Å². The SMILES string of the molecule is O=C(CC(Cc1ccccc1)Cc1ccccc1)N1CC[C@@H](O)C1. The molecule has 1 aliphatic heterocycles. The molecule has 0 spiro atoms. The summed E-state index contributed by atoms with van der Waals surface area (Å²) >= 11 is 0. The van der Waals surface area contributed by atoms with E-state index in [2.05, 4.69) is 24.3 Å². The van der Waals surface area contributed by atoms with Gasteiger partial charge in [-0.25, -0.2) is 0 Å². The van der Waals surface area contributed by atoms with E-state index in [4.69, 9.17) is 0 Å². The molecule has 0 aromatic heterocycles. The number of likely N-dealkylation sites (tertiary alicyclic amines) is 1. The standard InChI is InChI=1S/C21H25NO2/c23-20-11-12-22(16-20)21(24)15-19(13-17-7-3-1-4-8-17)14-18-9-5-2-6-10-18/h1-10,19-20,23H,11-16H2/t20-/m1/s1. The zero-order valence-electron chi connectivity index (χ0n) is 14.0. The van der Waals surface area contributed by atoms with Crippen LogP contribution in [-0.4, -0.2) is 35.1 Å². The Morgan fingerprint density at radius 2 is 1.54 bits per heavy atom. The molecule has 3 rings (SSSR count). The maximum absolute atomic E-state index is 12.6. The van der Waals surface area contributed by atoms with Gasteiger partial charge in [-0.05, 0) is 36.3 Å². The molecule has 1 N–H and O–H groups in total. The molecule has 0 unspecified atom stereocenters. The Kier molecular flexibility index (Phi) is 5.65. The Balaban J connectivity index is 1.68. The zero-order valence-corrected chi connectivity index (χ0v) is 14.0. The van der Waals surface area contributed by atoms with Crippen molar-refractivity contribution in [1.29, 1.82) is 0 Å². The molecule has 1 aliphatic rings. The largest absolute Gasteiger partial charge is 0.391 e. The van der Waals surface area contributed by atoms with E-state index in [9.17, 15) is 9.90 Å². The summed E-state index contributed by atoms with van der Waals surface area (Å²) in [4.78, 5) is 14.4. The first-order valence-corrected chi connectivity index (χ1v) is 8.74. The number of amides is 1. The topological polar surface area (TPSA) is 40.5 Å². The van der Waals surface area contributed by atoms with E-state index in [1.807, 2.05) is 41.3 Å². The van der Waals surface area contributed by atoms with E-state index in [1.165, 1.54) is 11.1 Å². The molecule has 0 aliphatic carbocycles. The fraction of sp³-hybridized carbons (Fsp3) is 0.381. The summed E-state index contributed by atoms with van der Waals surface area (Å²) < 4.78 is 0. The lowest BCUT2D eigenvalue weighted by Crippen LogP contribution is -2.31. The van der Waals surface area contributed by atoms with Gasteiger partial charge in [0.2, 0.25) is 5.91 Å². The number of hydrogen-bond acceptors (Lipinski definition) is 2. The molecule has 3 heteroatoms. The van der Waals surface area contributed by atoms with Gasteiger partial charge in [-0.15, -0.1) is 0 Å². The molecule has 0 saturated carbocycles. The molecule has 1 amide bonds. The van der Waals surface area contributed by atoms with Gasteiger partial charge in [0.25, 0.3) is 0 Å². The van der Waals surface area contributed by atoms with Crippen molar-refractivity contribution in [3.63, 3.8) is 0 Å². The van der Waals surface area contributed by atoms with Crippen molar-refractivity contribution in [2.24, 2.45) is 5.92 Å². The van der Waals surface area contributed by atoms with Crippen molar-refractivity contribution in [1.82, 2.24) is 4.90 Å². The molecule has 1 saturated heterocycles. The summed E-state index contributed by atoms with van der Waals surface area (Å²) in [5, 5.41) is 9.66. The Hall–Kier alpha value is -2.13. The van der Waals surface area contributed by atoms with Crippen LogP contribution in [0.15, 0.2) is 60.7 Å². The van der Waals surface area contributed by atoms with Crippen LogP contribution in [0.3, 0.4) is 0 Å². The Morgan fingerprint density at radius 3 is 2.00 bits per heavy atom. The Labute approximate surface area is 143 Å². The van der Waals surface area contributed by atoms with E-state index in [0.29, 0.717) is 25.9 Å². The second kappa shape index (κ2) is 8.11. The van der Waals surface area contributed by atoms with Gasteiger partial charge >= 0.3 is 0 Å². The molecule has 2 aromatic carbocycles. The summed E-state index contributed by atoms with van der Waals surface area (Å²) in [6.07, 6.45) is 2.69. The maximum Gasteiger partial charge on any atom is 0.222 e. The van der Waals surface area contributed by atoms with Crippen LogP contribution in [0, 0.1) is 5.92 Å². The van der Waals surface area contributed by atoms with Gasteiger partial charge < -0.3 is 10.0 Å². The van der Waals surface area contributed by atoms with Crippen molar-refractivity contribution in [2.75, 3.05) is 13.1 Å². The number of carbonyl (C=O) groups is 1. The van der Waals surface area contributed by atoms with Crippen LogP contribution in [-0.2, 0) is 17.6 Å². The van der Waals surface area contributed by atoms with E-state index >= 15 is 0 Å². The molecule has 2 aromatic rings. The third-order valence-electron chi connectivity index (χ3n) is 4.71. The lowest BCUT2D eigenvalue weighted by molar-refractivity contribution is -0.131. The van der Waals surface area contributed by atoms with Crippen molar-refractivity contribution in [3.8, 4) is 0 Å². The van der Waals surface area contributed by atoms with Crippen LogP contribution in [0.1, 0.15) is 24.0 Å². The minimum absolute atomic E-state index is 0.170. The number of aliphatic hydroxyl groups excluding tert-OH is 1. The molecular formula is C21H25NO2. The van der Waals surface area contributed by atoms with Crippen LogP contribution in [0.4, 0.5) is 0 Å². The monoisotopic (exact) mass is 323 g/mol. The normalized spacial score (nSPS) is 17.4. The molecule has 1 heterocycles. The van der Waals surface area contributed by atoms with Crippen molar-refractivity contribution >= 4 is 5.91 Å². The van der Waals surface area contributed by atoms with Crippen molar-refractivity contribution in [3.05, 3.63) is 71.8 Å². The van der Waals surface area contributed by atoms with Crippen molar-refractivity contribution in [2.45, 2.75) is 31.8 Å². The average molecular weight is 323 g/mol. The minimum atomic E-state index is -0.351. The fourth-order valence-electron chi connectivity index (χ4n) is 3.46. The first kappa shape index (κ1) is 16.7. The minimum Gasteiger partial charge on any atom is -0.391 e. The molecule has 126 valence electrons. The number of carbonyl (C=O) groups excluding carboxylic acids is 1. The highest BCUT2D eigenvalue weighted by molar-refractivity contribution is 5.76. The third kappa shape index (κ3) is 4.68. The summed E-state index contributed by atoms with van der Waals surface area (Å²) in [5.74, 6) is 0.448. The fourth-order valence-corrected chi connectivity index (χ4v) is 3.46. The summed E-state index contributed by atoms with van der Waals surface area (Å²) in [6.45, 7) is 1.17. The Bertz CT molecular complexity index is 600. The van der Waals surface area contributed by atoms with Gasteiger partial charge in [0.1, 0.15) is 0 Å². The number of aliphatic hydroxyl groups is 1. The first-order chi connectivity index (χ1) is 11.7. The molecular weight excluding hydrogens is 298 g/mol. The molecule has 24 heavy (non-hydrogen) atoms. The number of rotatable bonds is 6. The zero-order chi connectivity index (χ0) is 16.8. The predicted molar refractivity (Wildman–Crippen MR) is 95.6 cm³/mol. The molecule has 0 radical (unpaired) electrons. The number of hydrogen-bond donors (Lipinski definition) is 1. The van der Waals surface area contributed by atoms with Crippen LogP contribution in [0.25, 0.3) is 0 Å². The highest BCUT2D eigenvalue weighted by Gasteiger charge is 2.26. The van der Waals surface area contributed by atoms with Gasteiger partial charge in [-0.3, -0.25) is 4.79 Å². The smallest absolute Gasteiger partial charge is 0.222 e. The Morgan fingerprint density at radius 1 is 1.00 bits per heavy atom. The average Bonchev–Trinajstić information content (AvgIpc) is 3.03. The maximum atomic E-state index is 12.6. The lowest BCUT2D eigenvalue weighted by atomic mass is 9.89. The number of benzene rings is 2. The quantitative estimate of drug-likeness (QED) is 0.887. The lowest BCUT2D eigenvalue weighted by Gasteiger charge is -2.21. The second-order valence-corrected chi connectivity index (χ2v) is 6.73. The van der Waals surface area contributed by atoms with Gasteiger partial charge in [0.05, 0.1) is 6.10 Å². The second-order valence-electron chi connectivity index (χ2n) is 6.73. The van der Waals surface area contributed by atoms with Crippen LogP contribution in [0.5, 0.6) is 0 Å². The molecule has 1 fully saturated rings. The van der Waals surface area contributed by atoms with E-state index in [1.54, 1.807) is 0 Å². The highest BCUT2D eigenvalue weighted by atomic mass is 16.3. The molecule has 0 bridgehead atoms. The van der Waals surface area contributed by atoms with Crippen LogP contribution >= 0.6 is 0 Å². The van der Waals surface area contributed by atoms with Crippen molar-refractivity contribution < 1.29 is 9.90 Å². The summed E-state index contributed by atoms with van der Waals surface area (Å²) in [5.41, 5.74) is 2.54. The number of nitrogens with zero attached hydrogens (tertiary/aromatic N) is 1. The summed E-state index contributed by atoms with van der Waals surface area (Å²) in [6, 6.07) is 20.7. The van der Waals surface area contributed by atoms with Gasteiger partial charge in [0, 0.05) is 19.5 Å². The predicted octanol–water partition coefficient (Wildman–Crippen LogP) is 3.07. The van der Waals surface area contributed by atoms with E-state index in [-0.39, 0.29) is 17.9 Å². The van der Waals surface area contributed by atoms with Crippen LogP contribution in [0.2, 0.25) is 0 Å². The van der Waals surface area contributed by atoms with E-state index in [0.717, 1.165) is 12.8 Å². The molecule has 1 atom stereocenters. The van der Waals surface area contributed by atoms with Gasteiger partial charge in [-0.2, -0.15) is 0 Å². The van der Waals surface area contributed by atoms with Gasteiger partial charge in [-0.1, -0.05) is 60.7 Å². The third-order valence-corrected chi connectivity index (χ3v) is 4.71. The van der Waals surface area contributed by atoms with Gasteiger partial charge in [0.15, 0.2) is 0 Å². The first-order valence-electron chi connectivity index (χ1n) is 8.74. The van der Waals surface area contributed by atoms with Crippen LogP contribution < -0.4 is 0 Å².